The molecule has 9 nitrogen and oxygen atoms in total. The summed E-state index contributed by atoms with van der Waals surface area (Å²) in [5.74, 6) is -4.76. The van der Waals surface area contributed by atoms with Crippen molar-refractivity contribution in [2.45, 2.75) is 24.7 Å². The number of ether oxygens (including phenoxy) is 1. The molecular weight excluding hydrogens is 312 g/mol. The van der Waals surface area contributed by atoms with Gasteiger partial charge in [0.05, 0.1) is 11.7 Å². The van der Waals surface area contributed by atoms with Crippen LogP contribution in [0.25, 0.3) is 0 Å². The van der Waals surface area contributed by atoms with Crippen LogP contribution in [0.15, 0.2) is 23.8 Å². The van der Waals surface area contributed by atoms with Crippen molar-refractivity contribution in [1.29, 1.82) is 0 Å². The van der Waals surface area contributed by atoms with Crippen molar-refractivity contribution in [3.8, 4) is 17.2 Å². The Morgan fingerprint density at radius 3 is 2.17 bits per heavy atom. The van der Waals surface area contributed by atoms with Crippen molar-refractivity contribution < 1.29 is 45.0 Å². The maximum atomic E-state index is 12.0. The summed E-state index contributed by atoms with van der Waals surface area (Å²) < 4.78 is 4.90. The first-order valence-electron chi connectivity index (χ1n) is 6.46. The summed E-state index contributed by atoms with van der Waals surface area (Å²) >= 11 is 0. The number of aliphatic carboxylic acids is 1. The van der Waals surface area contributed by atoms with E-state index < -0.39 is 47.5 Å². The zero-order chi connectivity index (χ0) is 17.3. The van der Waals surface area contributed by atoms with Crippen LogP contribution in [-0.4, -0.2) is 60.9 Å². The number of esters is 1. The molecule has 0 fully saturated rings. The minimum atomic E-state index is -1.53. The number of phenolic OH excluding ortho intramolecular Hbond substituents is 3. The maximum Gasteiger partial charge on any atom is 0.339 e. The Morgan fingerprint density at radius 2 is 1.65 bits per heavy atom. The van der Waals surface area contributed by atoms with Crippen LogP contribution in [0.4, 0.5) is 0 Å². The van der Waals surface area contributed by atoms with Crippen LogP contribution in [0.5, 0.6) is 17.2 Å². The molecule has 0 saturated carbocycles. The van der Waals surface area contributed by atoms with E-state index in [1.165, 1.54) is 0 Å². The van der Waals surface area contributed by atoms with Crippen LogP contribution in [0.1, 0.15) is 16.8 Å². The highest BCUT2D eigenvalue weighted by molar-refractivity contribution is 5.91. The third-order valence-electron chi connectivity index (χ3n) is 3.35. The molecule has 0 aromatic heterocycles. The summed E-state index contributed by atoms with van der Waals surface area (Å²) in [5.41, 5.74) is -0.563. The molecule has 1 aromatic carbocycles. The van der Waals surface area contributed by atoms with Gasteiger partial charge in [0.15, 0.2) is 17.2 Å². The van der Waals surface area contributed by atoms with Crippen LogP contribution in [0.3, 0.4) is 0 Å². The second-order valence-electron chi connectivity index (χ2n) is 4.99. The number of carboxylic acids is 1. The van der Waals surface area contributed by atoms with Gasteiger partial charge in [-0.2, -0.15) is 0 Å². The van der Waals surface area contributed by atoms with Gasteiger partial charge in [-0.1, -0.05) is 0 Å². The molecule has 124 valence electrons. The molecule has 6 N–H and O–H groups in total. The van der Waals surface area contributed by atoms with Gasteiger partial charge in [0.2, 0.25) is 0 Å². The molecule has 23 heavy (non-hydrogen) atoms. The van der Waals surface area contributed by atoms with Gasteiger partial charge < -0.3 is 35.4 Å². The van der Waals surface area contributed by atoms with Crippen LogP contribution >= 0.6 is 0 Å². The van der Waals surface area contributed by atoms with E-state index in [2.05, 4.69) is 0 Å². The van der Waals surface area contributed by atoms with E-state index in [1.807, 2.05) is 0 Å². The SMILES string of the molecule is O=C(O)C1=C[C@@H](OC(=O)c2cc(O)c(O)c(O)c2)[C@@H](O)[C@H](O)C1. The highest BCUT2D eigenvalue weighted by atomic mass is 16.6. The molecule has 0 bridgehead atoms. The number of hydrogen-bond donors (Lipinski definition) is 6. The number of phenols is 3. The van der Waals surface area contributed by atoms with Gasteiger partial charge in [-0.05, 0) is 18.2 Å². The fraction of sp³-hybridized carbons (Fsp3) is 0.286. The van der Waals surface area contributed by atoms with E-state index >= 15 is 0 Å². The second kappa shape index (κ2) is 6.15. The number of carbonyl (C=O) groups is 2. The Bertz CT molecular complexity index is 656. The third-order valence-corrected chi connectivity index (χ3v) is 3.35. The van der Waals surface area contributed by atoms with E-state index in [0.29, 0.717) is 0 Å². The number of rotatable bonds is 3. The summed E-state index contributed by atoms with van der Waals surface area (Å²) in [5, 5.41) is 56.2. The Morgan fingerprint density at radius 1 is 1.09 bits per heavy atom. The van der Waals surface area contributed by atoms with Crippen molar-refractivity contribution in [3.63, 3.8) is 0 Å². The molecular formula is C14H14O9. The van der Waals surface area contributed by atoms with E-state index in [1.54, 1.807) is 0 Å². The number of aromatic hydroxyl groups is 3. The number of hydrogen-bond acceptors (Lipinski definition) is 8. The molecule has 0 amide bonds. The average Bonchev–Trinajstić information content (AvgIpc) is 2.48. The number of aliphatic hydroxyl groups excluding tert-OH is 2. The van der Waals surface area contributed by atoms with Crippen LogP contribution < -0.4 is 0 Å². The summed E-state index contributed by atoms with van der Waals surface area (Å²) in [6.07, 6.45) is -3.68. The second-order valence-corrected chi connectivity index (χ2v) is 4.99. The minimum absolute atomic E-state index is 0.225. The van der Waals surface area contributed by atoms with Gasteiger partial charge in [-0.3, -0.25) is 0 Å². The molecule has 1 aromatic rings. The first-order valence-corrected chi connectivity index (χ1v) is 6.46. The fourth-order valence-corrected chi connectivity index (χ4v) is 2.11. The number of carbonyl (C=O) groups excluding carboxylic acids is 1. The highest BCUT2D eigenvalue weighted by Crippen LogP contribution is 2.35. The van der Waals surface area contributed by atoms with Gasteiger partial charge in [0.25, 0.3) is 0 Å². The number of aliphatic hydroxyl groups is 2. The summed E-state index contributed by atoms with van der Waals surface area (Å²) in [4.78, 5) is 22.9. The summed E-state index contributed by atoms with van der Waals surface area (Å²) in [6.45, 7) is 0. The monoisotopic (exact) mass is 326 g/mol. The Hall–Kier alpha value is -2.78. The van der Waals surface area contributed by atoms with Crippen molar-refractivity contribution in [2.75, 3.05) is 0 Å². The third kappa shape index (κ3) is 3.35. The zero-order valence-electron chi connectivity index (χ0n) is 11.6. The molecule has 1 aliphatic rings. The van der Waals surface area contributed by atoms with Crippen LogP contribution in [0.2, 0.25) is 0 Å². The predicted molar refractivity (Wildman–Crippen MR) is 73.0 cm³/mol. The average molecular weight is 326 g/mol. The zero-order valence-corrected chi connectivity index (χ0v) is 11.6. The van der Waals surface area contributed by atoms with E-state index in [0.717, 1.165) is 18.2 Å². The van der Waals surface area contributed by atoms with Crippen molar-refractivity contribution >= 4 is 11.9 Å². The van der Waals surface area contributed by atoms with Gasteiger partial charge >= 0.3 is 11.9 Å². The lowest BCUT2D eigenvalue weighted by Gasteiger charge is -2.29. The van der Waals surface area contributed by atoms with Crippen molar-refractivity contribution in [3.05, 3.63) is 29.3 Å². The topological polar surface area (TPSA) is 165 Å². The lowest BCUT2D eigenvalue weighted by molar-refractivity contribution is -0.134. The number of carboxylic acid groups (broad SMARTS) is 1. The Kier molecular flexibility index (Phi) is 4.43. The summed E-state index contributed by atoms with van der Waals surface area (Å²) in [6, 6.07) is 1.65. The molecule has 0 saturated heterocycles. The number of benzene rings is 1. The molecule has 0 spiro atoms. The van der Waals surface area contributed by atoms with Crippen LogP contribution in [-0.2, 0) is 9.53 Å². The van der Waals surface area contributed by atoms with Gasteiger partial charge in [0, 0.05) is 12.0 Å². The molecule has 0 heterocycles. The largest absolute Gasteiger partial charge is 0.504 e. The van der Waals surface area contributed by atoms with Gasteiger partial charge in [-0.15, -0.1) is 0 Å². The molecule has 3 atom stereocenters. The molecule has 9 heteroatoms. The van der Waals surface area contributed by atoms with Crippen molar-refractivity contribution in [1.82, 2.24) is 0 Å². The molecule has 2 rings (SSSR count). The minimum Gasteiger partial charge on any atom is -0.504 e. The van der Waals surface area contributed by atoms with Gasteiger partial charge in [-0.25, -0.2) is 9.59 Å². The lowest BCUT2D eigenvalue weighted by atomic mass is 9.92. The smallest absolute Gasteiger partial charge is 0.339 e. The van der Waals surface area contributed by atoms with E-state index in [-0.39, 0.29) is 17.6 Å². The van der Waals surface area contributed by atoms with E-state index in [9.17, 15) is 35.1 Å². The molecule has 0 aliphatic heterocycles. The van der Waals surface area contributed by atoms with Crippen molar-refractivity contribution in [2.24, 2.45) is 0 Å². The highest BCUT2D eigenvalue weighted by Gasteiger charge is 2.35. The van der Waals surface area contributed by atoms with E-state index in [4.69, 9.17) is 9.84 Å². The fourth-order valence-electron chi connectivity index (χ4n) is 2.11. The van der Waals surface area contributed by atoms with Crippen LogP contribution in [0, 0.1) is 0 Å². The predicted octanol–water partition coefficient (Wildman–Crippen LogP) is -0.535. The Labute approximate surface area is 129 Å². The molecule has 1 aliphatic carbocycles. The first-order chi connectivity index (χ1) is 10.7. The normalized spacial score (nSPS) is 23.9. The van der Waals surface area contributed by atoms with Gasteiger partial charge in [0.1, 0.15) is 12.2 Å². The molecule has 0 unspecified atom stereocenters. The Balaban J connectivity index is 2.25. The lowest BCUT2D eigenvalue weighted by Crippen LogP contribution is -2.43. The standard InChI is InChI=1S/C14H14O9/c15-7-2-6(3-8(16)11(7)18)14(22)23-10-4-5(13(20)21)1-9(17)12(10)19/h2-4,9-10,12,15-19H,1H2,(H,20,21)/t9-,10-,12+/m1/s1. The molecule has 0 radical (unpaired) electrons. The maximum absolute atomic E-state index is 12.0. The quantitative estimate of drug-likeness (QED) is 0.316. The first kappa shape index (κ1) is 16.6. The summed E-state index contributed by atoms with van der Waals surface area (Å²) in [7, 11) is 0.